The van der Waals surface area contributed by atoms with Crippen LogP contribution in [0.5, 0.6) is 0 Å². The van der Waals surface area contributed by atoms with Gasteiger partial charge in [0.25, 0.3) is 0 Å². The van der Waals surface area contributed by atoms with E-state index in [4.69, 9.17) is 4.52 Å². The number of guanidine groups is 1. The van der Waals surface area contributed by atoms with Crippen LogP contribution < -0.4 is 10.6 Å². The van der Waals surface area contributed by atoms with Crippen molar-refractivity contribution < 1.29 is 8.91 Å². The highest BCUT2D eigenvalue weighted by Gasteiger charge is 2.17. The highest BCUT2D eigenvalue weighted by molar-refractivity contribution is 5.93. The number of hydrogen-bond donors (Lipinski definition) is 2. The maximum Gasteiger partial charge on any atom is 0.231 e. The molecule has 0 radical (unpaired) electrons. The van der Waals surface area contributed by atoms with Gasteiger partial charge in [0.2, 0.25) is 5.88 Å². The maximum absolute atomic E-state index is 14.6. The summed E-state index contributed by atoms with van der Waals surface area (Å²) < 4.78 is 19.9. The van der Waals surface area contributed by atoms with Gasteiger partial charge in [0.15, 0.2) is 5.96 Å². The molecule has 4 rings (SSSR count). The van der Waals surface area contributed by atoms with E-state index in [1.807, 2.05) is 55.5 Å². The lowest BCUT2D eigenvalue weighted by atomic mass is 9.95. The van der Waals surface area contributed by atoms with Gasteiger partial charge in [-0.25, -0.2) is 4.39 Å². The van der Waals surface area contributed by atoms with E-state index < -0.39 is 0 Å². The number of nitrogens with one attached hydrogen (secondary N) is 2. The minimum absolute atomic E-state index is 0.0906. The molecular weight excluding hydrogens is 331 g/mol. The molecule has 2 N–H and O–H groups in total. The van der Waals surface area contributed by atoms with Crippen molar-refractivity contribution in [1.29, 1.82) is 0 Å². The van der Waals surface area contributed by atoms with Crippen LogP contribution in [0, 0.1) is 5.82 Å². The summed E-state index contributed by atoms with van der Waals surface area (Å²) in [7, 11) is 0. The number of benzene rings is 2. The van der Waals surface area contributed by atoms with E-state index in [-0.39, 0.29) is 11.7 Å². The predicted octanol–water partition coefficient (Wildman–Crippen LogP) is 4.00. The molecule has 0 saturated carbocycles. The van der Waals surface area contributed by atoms with E-state index in [9.17, 15) is 4.39 Å². The molecule has 0 fully saturated rings. The molecule has 0 saturated heterocycles. The van der Waals surface area contributed by atoms with E-state index in [1.54, 1.807) is 6.07 Å². The quantitative estimate of drug-likeness (QED) is 0.746. The minimum atomic E-state index is -0.244. The Bertz CT molecular complexity index is 936. The zero-order chi connectivity index (χ0) is 17.9. The van der Waals surface area contributed by atoms with Gasteiger partial charge in [-0.3, -0.25) is 10.3 Å². The summed E-state index contributed by atoms with van der Waals surface area (Å²) in [6.07, 6.45) is 0. The average Bonchev–Trinajstić information content (AvgIpc) is 3.34. The Morgan fingerprint density at radius 2 is 2.00 bits per heavy atom. The largest absolute Gasteiger partial charge is 0.354 e. The number of nitrogens with zero attached hydrogens (tertiary/aromatic N) is 2. The highest BCUT2D eigenvalue weighted by atomic mass is 19.1. The first-order chi connectivity index (χ1) is 12.7. The van der Waals surface area contributed by atoms with Crippen molar-refractivity contribution in [3.8, 4) is 11.1 Å². The van der Waals surface area contributed by atoms with E-state index in [2.05, 4.69) is 20.8 Å². The minimum Gasteiger partial charge on any atom is -0.354 e. The molecule has 6 heteroatoms. The second-order valence-electron chi connectivity index (χ2n) is 6.23. The first-order valence-corrected chi connectivity index (χ1v) is 8.57. The average molecular weight is 350 g/mol. The van der Waals surface area contributed by atoms with Crippen LogP contribution in [0.1, 0.15) is 24.1 Å². The van der Waals surface area contributed by atoms with Gasteiger partial charge in [-0.05, 0) is 17.2 Å². The Morgan fingerprint density at radius 1 is 1.15 bits per heavy atom. The summed E-state index contributed by atoms with van der Waals surface area (Å²) in [4.78, 5) is 4.25. The maximum atomic E-state index is 14.6. The van der Waals surface area contributed by atoms with Crippen LogP contribution >= 0.6 is 0 Å². The molecule has 2 heterocycles. The monoisotopic (exact) mass is 350 g/mol. The second-order valence-corrected chi connectivity index (χ2v) is 6.23. The van der Waals surface area contributed by atoms with E-state index in [1.165, 1.54) is 0 Å². The van der Waals surface area contributed by atoms with Gasteiger partial charge >= 0.3 is 0 Å². The van der Waals surface area contributed by atoms with Crippen molar-refractivity contribution in [3.05, 3.63) is 71.7 Å². The van der Waals surface area contributed by atoms with Gasteiger partial charge in [0, 0.05) is 24.1 Å². The molecule has 0 amide bonds. The molecule has 1 aliphatic heterocycles. The standard InChI is InChI=1S/C20H19FN4O/c1-13(18-12-19(26-25-18)24-20-22-9-10-23-20)15-7-8-16(17(21)11-15)14-5-3-2-4-6-14/h2-8,11-13H,9-10H2,1H3,(H2,22,23,24). The molecular formula is C20H19FN4O. The summed E-state index contributed by atoms with van der Waals surface area (Å²) in [5.41, 5.74) is 3.03. The first-order valence-electron chi connectivity index (χ1n) is 8.57. The number of anilines is 1. The molecule has 1 aliphatic rings. The van der Waals surface area contributed by atoms with Crippen LogP contribution in [0.3, 0.4) is 0 Å². The van der Waals surface area contributed by atoms with Crippen molar-refractivity contribution in [1.82, 2.24) is 10.5 Å². The summed E-state index contributed by atoms with van der Waals surface area (Å²) in [5, 5.41) is 10.3. The van der Waals surface area contributed by atoms with E-state index >= 15 is 0 Å². The molecule has 0 bridgehead atoms. The van der Waals surface area contributed by atoms with Crippen LogP contribution in [0.4, 0.5) is 10.3 Å². The zero-order valence-electron chi connectivity index (χ0n) is 14.4. The van der Waals surface area contributed by atoms with Crippen LogP contribution in [0.2, 0.25) is 0 Å². The molecule has 0 spiro atoms. The van der Waals surface area contributed by atoms with Crippen LogP contribution in [0.25, 0.3) is 11.1 Å². The predicted molar refractivity (Wildman–Crippen MR) is 99.8 cm³/mol. The Kier molecular flexibility index (Phi) is 4.39. The Balaban J connectivity index is 1.54. The van der Waals surface area contributed by atoms with Crippen molar-refractivity contribution in [3.63, 3.8) is 0 Å². The van der Waals surface area contributed by atoms with Crippen molar-refractivity contribution in [2.24, 2.45) is 4.99 Å². The summed E-state index contributed by atoms with van der Waals surface area (Å²) in [6.45, 7) is 3.53. The lowest BCUT2D eigenvalue weighted by Crippen LogP contribution is -2.25. The highest BCUT2D eigenvalue weighted by Crippen LogP contribution is 2.30. The molecule has 3 aromatic rings. The smallest absolute Gasteiger partial charge is 0.231 e. The summed E-state index contributed by atoms with van der Waals surface area (Å²) in [6, 6.07) is 16.6. The molecule has 132 valence electrons. The Labute approximate surface area is 150 Å². The number of aliphatic imine (C=N–C) groups is 1. The van der Waals surface area contributed by atoms with E-state index in [0.29, 0.717) is 17.4 Å². The third kappa shape index (κ3) is 3.31. The number of halogens is 1. The number of aromatic nitrogens is 1. The number of rotatable bonds is 4. The topological polar surface area (TPSA) is 62.5 Å². The van der Waals surface area contributed by atoms with Gasteiger partial charge in [-0.2, -0.15) is 0 Å². The van der Waals surface area contributed by atoms with Crippen molar-refractivity contribution >= 4 is 11.8 Å². The van der Waals surface area contributed by atoms with Gasteiger partial charge in [-0.15, -0.1) is 0 Å². The molecule has 1 atom stereocenters. The molecule has 2 aromatic carbocycles. The van der Waals surface area contributed by atoms with Crippen LogP contribution in [-0.2, 0) is 0 Å². The third-order valence-electron chi connectivity index (χ3n) is 4.47. The van der Waals surface area contributed by atoms with Gasteiger partial charge in [0.1, 0.15) is 5.82 Å². The molecule has 5 nitrogen and oxygen atoms in total. The molecule has 1 aromatic heterocycles. The molecule has 0 aliphatic carbocycles. The molecule has 1 unspecified atom stereocenters. The summed E-state index contributed by atoms with van der Waals surface area (Å²) >= 11 is 0. The van der Waals surface area contributed by atoms with Crippen LogP contribution in [0.15, 0.2) is 64.1 Å². The van der Waals surface area contributed by atoms with Crippen LogP contribution in [-0.4, -0.2) is 24.2 Å². The Hall–Kier alpha value is -3.15. The van der Waals surface area contributed by atoms with Gasteiger partial charge in [-0.1, -0.05) is 54.5 Å². The van der Waals surface area contributed by atoms with Gasteiger partial charge in [0.05, 0.1) is 12.2 Å². The lowest BCUT2D eigenvalue weighted by molar-refractivity contribution is 0.424. The first kappa shape index (κ1) is 16.3. The SMILES string of the molecule is CC(c1ccc(-c2ccccc2)c(F)c1)c1cc(NC2=NCCN2)on1. The fourth-order valence-corrected chi connectivity index (χ4v) is 2.97. The van der Waals surface area contributed by atoms with Crippen molar-refractivity contribution in [2.75, 3.05) is 18.4 Å². The Morgan fingerprint density at radius 3 is 2.73 bits per heavy atom. The fourth-order valence-electron chi connectivity index (χ4n) is 2.97. The molecule has 26 heavy (non-hydrogen) atoms. The summed E-state index contributed by atoms with van der Waals surface area (Å²) in [5.74, 6) is 0.860. The fraction of sp³-hybridized carbons (Fsp3) is 0.200. The van der Waals surface area contributed by atoms with E-state index in [0.717, 1.165) is 29.9 Å². The second kappa shape index (κ2) is 7.00. The number of hydrogen-bond acceptors (Lipinski definition) is 5. The third-order valence-corrected chi connectivity index (χ3v) is 4.47. The zero-order valence-corrected chi connectivity index (χ0v) is 14.4. The van der Waals surface area contributed by atoms with Gasteiger partial charge < -0.3 is 9.84 Å². The van der Waals surface area contributed by atoms with Crippen molar-refractivity contribution in [2.45, 2.75) is 12.8 Å². The normalized spacial score (nSPS) is 14.6. The lowest BCUT2D eigenvalue weighted by Gasteiger charge is -2.11.